The van der Waals surface area contributed by atoms with Crippen LogP contribution in [-0.4, -0.2) is 51.4 Å². The van der Waals surface area contributed by atoms with Crippen LogP contribution in [-0.2, 0) is 10.5 Å². The van der Waals surface area contributed by atoms with Crippen molar-refractivity contribution in [2.24, 2.45) is 3.21 Å². The molecule has 2 aliphatic heterocycles. The van der Waals surface area contributed by atoms with E-state index < -0.39 is 30.1 Å². The Bertz CT molecular complexity index is 1360. The Morgan fingerprint density at radius 1 is 1.13 bits per heavy atom. The summed E-state index contributed by atoms with van der Waals surface area (Å²) in [5, 5.41) is 15.2. The molecule has 0 radical (unpaired) electrons. The van der Waals surface area contributed by atoms with Gasteiger partial charge in [0.15, 0.2) is 0 Å². The van der Waals surface area contributed by atoms with Crippen LogP contribution in [0.4, 0.5) is 25.0 Å². The van der Waals surface area contributed by atoms with Crippen LogP contribution in [0, 0.1) is 3.70 Å². The molecule has 2 amide bonds. The molecule has 0 saturated carbocycles. The molecule has 0 unspecified atom stereocenters. The number of benzene rings is 2. The molecule has 2 aromatic carbocycles. The molecular formula is C27H27F2I2N5O2. The molecule has 3 aromatic rings. The molecule has 1 saturated heterocycles. The number of aliphatic hydroxyl groups is 1. The van der Waals surface area contributed by atoms with E-state index >= 15 is 0 Å². The zero-order chi connectivity index (χ0) is 26.9. The Kier molecular flexibility index (Phi) is 8.26. The summed E-state index contributed by atoms with van der Waals surface area (Å²) in [5.74, 6) is 0. The summed E-state index contributed by atoms with van der Waals surface area (Å²) in [6.07, 6.45) is 3.30. The van der Waals surface area contributed by atoms with Crippen molar-refractivity contribution in [1.29, 1.82) is 0 Å². The van der Waals surface area contributed by atoms with Crippen LogP contribution in [0.3, 0.4) is 0 Å². The Morgan fingerprint density at radius 3 is 2.55 bits per heavy atom. The zero-order valence-corrected chi connectivity index (χ0v) is 24.9. The molecule has 2 aliphatic rings. The van der Waals surface area contributed by atoms with E-state index in [0.29, 0.717) is 5.69 Å². The number of aliphatic hydroxyl groups excluding tert-OH is 1. The van der Waals surface area contributed by atoms with Crippen molar-refractivity contribution < 1.29 is 18.7 Å². The first-order chi connectivity index (χ1) is 18.2. The van der Waals surface area contributed by atoms with Gasteiger partial charge in [0, 0.05) is 28.2 Å². The molecule has 0 bridgehead atoms. The summed E-state index contributed by atoms with van der Waals surface area (Å²) < 4.78 is 30.0. The van der Waals surface area contributed by atoms with Crippen molar-refractivity contribution in [1.82, 2.24) is 9.88 Å². The predicted molar refractivity (Wildman–Crippen MR) is 163 cm³/mol. The molecule has 1 aromatic heterocycles. The number of alkyl halides is 4. The average Bonchev–Trinajstić information content (AvgIpc) is 3.25. The van der Waals surface area contributed by atoms with Crippen LogP contribution in [0.15, 0.2) is 57.8 Å². The first-order valence-electron chi connectivity index (χ1n) is 12.1. The molecule has 3 heterocycles. The van der Waals surface area contributed by atoms with Crippen LogP contribution in [0.5, 0.6) is 0 Å². The first-order valence-corrected chi connectivity index (χ1v) is 17.4. The average molecular weight is 745 g/mol. The SMILES string of the molecule is CI1N=Cc2c(-c3ccc(NC(=O)Nc4cccc(C(F)(F)I)c4)cc3)cc(CN3CCC(O)CC3)nc21. The van der Waals surface area contributed by atoms with Crippen LogP contribution < -0.4 is 10.6 Å². The molecule has 0 atom stereocenters. The molecule has 1 fully saturated rings. The fraction of sp³-hybridized carbons (Fsp3) is 0.296. The van der Waals surface area contributed by atoms with Gasteiger partial charge < -0.3 is 0 Å². The third kappa shape index (κ3) is 6.49. The number of amides is 2. The number of likely N-dealkylation sites (tertiary alicyclic amines) is 1. The number of carbonyl (C=O) groups is 1. The van der Waals surface area contributed by atoms with Gasteiger partial charge in [0.1, 0.15) is 0 Å². The van der Waals surface area contributed by atoms with Gasteiger partial charge in [0.05, 0.1) is 0 Å². The van der Waals surface area contributed by atoms with Gasteiger partial charge >= 0.3 is 193 Å². The molecule has 11 heteroatoms. The minimum absolute atomic E-state index is 0.177. The maximum atomic E-state index is 13.6. The standard InChI is InChI=1S/C27H27F2I2N5O2/c1-31-25-24(15-32-31)23(14-21(33-25)16-36-11-9-22(37)10-12-36)17-5-7-19(8-6-17)34-26(38)35-20-4-2-3-18(13-20)27(28,29)30/h2-8,13-15,22,37H,9-12,16H2,1H3,(H2,34,35,38). The van der Waals surface area contributed by atoms with Crippen LogP contribution in [0.2, 0.25) is 0 Å². The summed E-state index contributed by atoms with van der Waals surface area (Å²) in [6.45, 7) is 2.45. The number of pyridine rings is 1. The quantitative estimate of drug-likeness (QED) is 0.153. The molecule has 7 nitrogen and oxygen atoms in total. The van der Waals surface area contributed by atoms with Gasteiger partial charge in [-0.05, 0) is 0 Å². The number of hydrogen-bond donors (Lipinski definition) is 3. The molecule has 0 spiro atoms. The number of piperidine rings is 1. The molecule has 3 N–H and O–H groups in total. The normalized spacial score (nSPS) is 16.9. The van der Waals surface area contributed by atoms with Gasteiger partial charge in [0.25, 0.3) is 0 Å². The molecule has 38 heavy (non-hydrogen) atoms. The molecule has 5 rings (SSSR count). The number of aromatic nitrogens is 1. The number of fused-ring (bicyclic) bond motifs is 1. The van der Waals surface area contributed by atoms with Crippen LogP contribution >= 0.6 is 42.7 Å². The van der Waals surface area contributed by atoms with Crippen molar-refractivity contribution in [2.75, 3.05) is 28.7 Å². The maximum absolute atomic E-state index is 13.6. The second kappa shape index (κ2) is 11.5. The van der Waals surface area contributed by atoms with E-state index in [4.69, 9.17) is 8.19 Å². The Morgan fingerprint density at radius 2 is 1.84 bits per heavy atom. The fourth-order valence-electron chi connectivity index (χ4n) is 4.50. The van der Waals surface area contributed by atoms with Crippen molar-refractivity contribution in [2.45, 2.75) is 29.4 Å². The number of hydrogen-bond acceptors (Lipinski definition) is 5. The Labute approximate surface area is 241 Å². The summed E-state index contributed by atoms with van der Waals surface area (Å²) in [4.78, 5) is 22.0. The van der Waals surface area contributed by atoms with Crippen molar-refractivity contribution in [3.63, 3.8) is 0 Å². The van der Waals surface area contributed by atoms with E-state index in [1.807, 2.05) is 30.5 Å². The number of urea groups is 1. The van der Waals surface area contributed by atoms with Gasteiger partial charge in [0.2, 0.25) is 0 Å². The Hall–Kier alpha value is -2.23. The molecule has 200 valence electrons. The molecule has 0 aliphatic carbocycles. The van der Waals surface area contributed by atoms with Crippen LogP contribution in [0.1, 0.15) is 29.7 Å². The van der Waals surface area contributed by atoms with Gasteiger partial charge in [-0.3, -0.25) is 0 Å². The number of anilines is 2. The summed E-state index contributed by atoms with van der Waals surface area (Å²) >= 11 is -0.609. The summed E-state index contributed by atoms with van der Waals surface area (Å²) in [7, 11) is 0. The van der Waals surface area contributed by atoms with E-state index in [2.05, 4.69) is 26.5 Å². The van der Waals surface area contributed by atoms with Crippen molar-refractivity contribution in [3.05, 3.63) is 75.1 Å². The fourth-order valence-corrected chi connectivity index (χ4v) is 7.73. The Balaban J connectivity index is 1.31. The number of nitrogens with zero attached hydrogens (tertiary/aromatic N) is 3. The van der Waals surface area contributed by atoms with E-state index in [1.165, 1.54) is 18.2 Å². The molecular weight excluding hydrogens is 718 g/mol. The predicted octanol–water partition coefficient (Wildman–Crippen LogP) is 6.49. The van der Waals surface area contributed by atoms with Gasteiger partial charge in [-0.25, -0.2) is 0 Å². The van der Waals surface area contributed by atoms with Gasteiger partial charge in [-0.2, -0.15) is 8.78 Å². The number of halogens is 4. The van der Waals surface area contributed by atoms with Crippen molar-refractivity contribution >= 4 is 66.3 Å². The number of carbonyl (C=O) groups excluding carboxylic acids is 1. The van der Waals surface area contributed by atoms with E-state index in [1.54, 1.807) is 6.07 Å². The van der Waals surface area contributed by atoms with Crippen molar-refractivity contribution in [3.8, 4) is 11.1 Å². The first kappa shape index (κ1) is 27.3. The van der Waals surface area contributed by atoms with Gasteiger partial charge in [-0.15, -0.1) is 0 Å². The van der Waals surface area contributed by atoms with Gasteiger partial charge in [-0.1, -0.05) is 12.1 Å². The topological polar surface area (TPSA) is 89.9 Å². The van der Waals surface area contributed by atoms with E-state index in [-0.39, 0.29) is 17.4 Å². The number of rotatable bonds is 6. The zero-order valence-electron chi connectivity index (χ0n) is 20.6. The summed E-state index contributed by atoms with van der Waals surface area (Å²) in [5.41, 5.74) is 4.83. The third-order valence-electron chi connectivity index (χ3n) is 6.49. The monoisotopic (exact) mass is 745 g/mol. The second-order valence-electron chi connectivity index (χ2n) is 9.28. The van der Waals surface area contributed by atoms with E-state index in [9.17, 15) is 18.7 Å². The number of nitrogens with one attached hydrogen (secondary N) is 2. The summed E-state index contributed by atoms with van der Waals surface area (Å²) in [6, 6.07) is 14.8. The van der Waals surface area contributed by atoms with E-state index in [0.717, 1.165) is 81.2 Å². The van der Waals surface area contributed by atoms with Crippen LogP contribution in [0.25, 0.3) is 11.1 Å². The second-order valence-corrected chi connectivity index (χ2v) is 14.7. The minimum atomic E-state index is -3.02. The third-order valence-corrected chi connectivity index (χ3v) is 10.5.